The predicted molar refractivity (Wildman–Crippen MR) is 91.7 cm³/mol. The van der Waals surface area contributed by atoms with Crippen LogP contribution in [0.1, 0.15) is 38.4 Å². The van der Waals surface area contributed by atoms with Crippen molar-refractivity contribution in [2.45, 2.75) is 43.8 Å². The van der Waals surface area contributed by atoms with E-state index >= 15 is 0 Å². The molecule has 6 nitrogen and oxygen atoms in total. The molecule has 1 aliphatic rings. The van der Waals surface area contributed by atoms with Gasteiger partial charge in [0.15, 0.2) is 5.16 Å². The number of amides is 1. The van der Waals surface area contributed by atoms with E-state index in [9.17, 15) is 4.79 Å². The van der Waals surface area contributed by atoms with Crippen molar-refractivity contribution in [3.8, 4) is 0 Å². The molecule has 1 aromatic rings. The molecule has 1 N–H and O–H groups in total. The first-order chi connectivity index (χ1) is 10.0. The number of hydrogen-bond donors (Lipinski definition) is 1. The number of hydrogen-bond acceptors (Lipinski definition) is 5. The number of thioether (sulfide) groups is 1. The van der Waals surface area contributed by atoms with Crippen LogP contribution < -0.4 is 5.32 Å². The molecule has 1 amide bonds. The van der Waals surface area contributed by atoms with E-state index < -0.39 is 0 Å². The lowest BCUT2D eigenvalue weighted by atomic mass is 9.99. The van der Waals surface area contributed by atoms with Crippen molar-refractivity contribution in [2.24, 2.45) is 7.05 Å². The fraction of sp³-hybridized carbons (Fsp3) is 0.786. The third kappa shape index (κ3) is 4.60. The van der Waals surface area contributed by atoms with Crippen molar-refractivity contribution in [3.05, 3.63) is 5.82 Å². The van der Waals surface area contributed by atoms with Gasteiger partial charge < -0.3 is 14.8 Å². The Kier molecular flexibility index (Phi) is 7.65. The SMILES string of the molecule is CC(C)N(C)C(=O)CSc1nnc(C2CCCNC2)n1C.Cl. The molecule has 1 fully saturated rings. The molecular formula is C14H26ClN5OS. The normalized spacial score (nSPS) is 18.1. The van der Waals surface area contributed by atoms with Crippen LogP contribution in [-0.4, -0.2) is 57.5 Å². The Morgan fingerprint density at radius 3 is 2.82 bits per heavy atom. The van der Waals surface area contributed by atoms with Crippen molar-refractivity contribution < 1.29 is 4.79 Å². The van der Waals surface area contributed by atoms with E-state index in [2.05, 4.69) is 15.5 Å². The fourth-order valence-corrected chi connectivity index (χ4v) is 3.24. The average Bonchev–Trinajstić information content (AvgIpc) is 2.85. The third-order valence-corrected chi connectivity index (χ3v) is 5.03. The van der Waals surface area contributed by atoms with E-state index in [1.807, 2.05) is 32.5 Å². The van der Waals surface area contributed by atoms with Crippen LogP contribution >= 0.6 is 24.2 Å². The van der Waals surface area contributed by atoms with Gasteiger partial charge in [-0.2, -0.15) is 0 Å². The number of nitrogens with zero attached hydrogens (tertiary/aromatic N) is 4. The first kappa shape index (κ1) is 19.3. The molecule has 2 rings (SSSR count). The molecule has 8 heteroatoms. The predicted octanol–water partition coefficient (Wildman–Crippen LogP) is 1.66. The lowest BCUT2D eigenvalue weighted by Gasteiger charge is -2.22. The fourth-order valence-electron chi connectivity index (χ4n) is 2.40. The van der Waals surface area contributed by atoms with Gasteiger partial charge in [0.2, 0.25) is 5.91 Å². The molecule has 0 aliphatic carbocycles. The van der Waals surface area contributed by atoms with Gasteiger partial charge in [0.1, 0.15) is 5.82 Å². The summed E-state index contributed by atoms with van der Waals surface area (Å²) in [5.41, 5.74) is 0. The van der Waals surface area contributed by atoms with Crippen LogP contribution in [-0.2, 0) is 11.8 Å². The van der Waals surface area contributed by atoms with E-state index in [1.165, 1.54) is 18.2 Å². The Morgan fingerprint density at radius 1 is 1.50 bits per heavy atom. The lowest BCUT2D eigenvalue weighted by Crippen LogP contribution is -2.34. The van der Waals surface area contributed by atoms with Gasteiger partial charge in [-0.05, 0) is 33.2 Å². The second-order valence-electron chi connectivity index (χ2n) is 5.83. The number of rotatable bonds is 5. The largest absolute Gasteiger partial charge is 0.343 e. The summed E-state index contributed by atoms with van der Waals surface area (Å²) in [6.45, 7) is 6.08. The highest BCUT2D eigenvalue weighted by molar-refractivity contribution is 7.99. The standard InChI is InChI=1S/C14H25N5OS.ClH/c1-10(2)18(3)12(20)9-21-14-17-16-13(19(14)4)11-6-5-7-15-8-11;/h10-11,15H,5-9H2,1-4H3;1H. The molecule has 0 bridgehead atoms. The summed E-state index contributed by atoms with van der Waals surface area (Å²) in [4.78, 5) is 13.8. The van der Waals surface area contributed by atoms with Gasteiger partial charge in [0, 0.05) is 32.6 Å². The smallest absolute Gasteiger partial charge is 0.233 e. The zero-order valence-electron chi connectivity index (χ0n) is 13.7. The molecule has 22 heavy (non-hydrogen) atoms. The summed E-state index contributed by atoms with van der Waals surface area (Å²) in [6.07, 6.45) is 2.33. The van der Waals surface area contributed by atoms with Gasteiger partial charge in [0.25, 0.3) is 0 Å². The Labute approximate surface area is 142 Å². The summed E-state index contributed by atoms with van der Waals surface area (Å²) in [5, 5.41) is 12.8. The molecule has 0 aromatic carbocycles. The van der Waals surface area contributed by atoms with Crippen molar-refractivity contribution in [1.29, 1.82) is 0 Å². The molecule has 1 atom stereocenters. The number of carbonyl (C=O) groups excluding carboxylic acids is 1. The van der Waals surface area contributed by atoms with Gasteiger partial charge in [-0.3, -0.25) is 4.79 Å². The molecular weight excluding hydrogens is 322 g/mol. The second-order valence-corrected chi connectivity index (χ2v) is 6.77. The van der Waals surface area contributed by atoms with E-state index in [1.54, 1.807) is 4.90 Å². The summed E-state index contributed by atoms with van der Waals surface area (Å²) in [5.74, 6) is 1.98. The molecule has 0 spiro atoms. The topological polar surface area (TPSA) is 63.1 Å². The van der Waals surface area contributed by atoms with Crippen LogP contribution in [0.25, 0.3) is 0 Å². The van der Waals surface area contributed by atoms with Gasteiger partial charge in [0.05, 0.1) is 5.75 Å². The third-order valence-electron chi connectivity index (χ3n) is 4.02. The van der Waals surface area contributed by atoms with Gasteiger partial charge in [-0.1, -0.05) is 11.8 Å². The number of aromatic nitrogens is 3. The van der Waals surface area contributed by atoms with Crippen LogP contribution in [0.15, 0.2) is 5.16 Å². The minimum absolute atomic E-state index is 0. The van der Waals surface area contributed by atoms with Gasteiger partial charge >= 0.3 is 0 Å². The van der Waals surface area contributed by atoms with Crippen LogP contribution in [0, 0.1) is 0 Å². The molecule has 0 radical (unpaired) electrons. The van der Waals surface area contributed by atoms with E-state index in [0.29, 0.717) is 11.7 Å². The molecule has 2 heterocycles. The summed E-state index contributed by atoms with van der Waals surface area (Å²) < 4.78 is 2.03. The molecule has 1 aliphatic heterocycles. The number of piperidine rings is 1. The van der Waals surface area contributed by atoms with Crippen LogP contribution in [0.3, 0.4) is 0 Å². The quantitative estimate of drug-likeness (QED) is 0.821. The number of nitrogens with one attached hydrogen (secondary N) is 1. The van der Waals surface area contributed by atoms with Crippen LogP contribution in [0.5, 0.6) is 0 Å². The Hall–Kier alpha value is -0.790. The maximum atomic E-state index is 12.0. The number of carbonyl (C=O) groups is 1. The highest BCUT2D eigenvalue weighted by atomic mass is 35.5. The minimum Gasteiger partial charge on any atom is -0.343 e. The Balaban J connectivity index is 0.00000242. The van der Waals surface area contributed by atoms with Gasteiger partial charge in [-0.25, -0.2) is 0 Å². The van der Waals surface area contributed by atoms with Crippen LogP contribution in [0.2, 0.25) is 0 Å². The molecule has 126 valence electrons. The zero-order chi connectivity index (χ0) is 15.4. The highest BCUT2D eigenvalue weighted by Crippen LogP contribution is 2.24. The van der Waals surface area contributed by atoms with E-state index in [0.717, 1.165) is 30.5 Å². The maximum absolute atomic E-state index is 12.0. The molecule has 1 saturated heterocycles. The summed E-state index contributed by atoms with van der Waals surface area (Å²) in [6, 6.07) is 0.224. The Bertz CT molecular complexity index is 488. The first-order valence-corrected chi connectivity index (χ1v) is 8.47. The number of halogens is 1. The van der Waals surface area contributed by atoms with Crippen molar-refractivity contribution in [2.75, 3.05) is 25.9 Å². The van der Waals surface area contributed by atoms with Crippen molar-refractivity contribution in [1.82, 2.24) is 25.0 Å². The average molecular weight is 348 g/mol. The first-order valence-electron chi connectivity index (χ1n) is 7.49. The summed E-state index contributed by atoms with van der Waals surface area (Å²) >= 11 is 1.46. The minimum atomic E-state index is 0. The van der Waals surface area contributed by atoms with Crippen molar-refractivity contribution in [3.63, 3.8) is 0 Å². The van der Waals surface area contributed by atoms with Crippen LogP contribution in [0.4, 0.5) is 0 Å². The monoisotopic (exact) mass is 347 g/mol. The highest BCUT2D eigenvalue weighted by Gasteiger charge is 2.22. The molecule has 1 aromatic heterocycles. The Morgan fingerprint density at radius 2 is 2.23 bits per heavy atom. The lowest BCUT2D eigenvalue weighted by molar-refractivity contribution is -0.128. The summed E-state index contributed by atoms with van der Waals surface area (Å²) in [7, 11) is 3.83. The molecule has 1 unspecified atom stereocenters. The zero-order valence-corrected chi connectivity index (χ0v) is 15.3. The van der Waals surface area contributed by atoms with E-state index in [-0.39, 0.29) is 24.4 Å². The van der Waals surface area contributed by atoms with Crippen molar-refractivity contribution >= 4 is 30.1 Å². The van der Waals surface area contributed by atoms with E-state index in [4.69, 9.17) is 0 Å². The van der Waals surface area contributed by atoms with Gasteiger partial charge in [-0.15, -0.1) is 22.6 Å². The second kappa shape index (κ2) is 8.74. The maximum Gasteiger partial charge on any atom is 0.233 e. The molecule has 0 saturated carbocycles.